The van der Waals surface area contributed by atoms with Gasteiger partial charge in [0, 0.05) is 23.9 Å². The number of pyridine rings is 1. The van der Waals surface area contributed by atoms with Crippen molar-refractivity contribution in [3.8, 4) is 6.07 Å². The van der Waals surface area contributed by atoms with Gasteiger partial charge in [-0.15, -0.1) is 0 Å². The summed E-state index contributed by atoms with van der Waals surface area (Å²) in [5.74, 6) is 0. The van der Waals surface area contributed by atoms with Gasteiger partial charge in [-0.05, 0) is 50.6 Å². The molecule has 1 rings (SSSR count). The molecule has 0 radical (unpaired) electrons. The van der Waals surface area contributed by atoms with Crippen LogP contribution in [-0.2, 0) is 6.42 Å². The molecule has 0 aromatic carbocycles. The molecule has 4 nitrogen and oxygen atoms in total. The lowest BCUT2D eigenvalue weighted by Gasteiger charge is -2.01. The van der Waals surface area contributed by atoms with Gasteiger partial charge < -0.3 is 0 Å². The summed E-state index contributed by atoms with van der Waals surface area (Å²) < 4.78 is 0. The molecule has 0 aliphatic heterocycles. The number of hydrogen-bond donors (Lipinski definition) is 0. The Labute approximate surface area is 130 Å². The molecule has 0 N–H and O–H groups in total. The number of nitriles is 1. The Morgan fingerprint density at radius 1 is 1.38 bits per heavy atom. The smallest absolute Gasteiger partial charge is 0.222 e. The van der Waals surface area contributed by atoms with Crippen molar-refractivity contribution in [1.29, 1.82) is 5.26 Å². The largest absolute Gasteiger partial charge is 0.259 e. The highest BCUT2D eigenvalue weighted by atomic mass is 35.5. The zero-order valence-corrected chi connectivity index (χ0v) is 13.1. The molecule has 1 aromatic rings. The molecule has 0 aliphatic rings. The lowest BCUT2D eigenvalue weighted by atomic mass is 10.1. The Balaban J connectivity index is 2.76. The lowest BCUT2D eigenvalue weighted by molar-refractivity contribution is 1.05. The van der Waals surface area contributed by atoms with Crippen molar-refractivity contribution < 1.29 is 0 Å². The molecule has 1 aromatic heterocycles. The molecule has 0 saturated heterocycles. The van der Waals surface area contributed by atoms with Crippen LogP contribution in [0.25, 0.3) is 0 Å². The van der Waals surface area contributed by atoms with E-state index in [1.165, 1.54) is 0 Å². The van der Waals surface area contributed by atoms with Gasteiger partial charge in [-0.1, -0.05) is 11.6 Å². The Morgan fingerprint density at radius 2 is 2.14 bits per heavy atom. The maximum Gasteiger partial charge on any atom is 0.222 e. The third-order valence-electron chi connectivity index (χ3n) is 2.52. The van der Waals surface area contributed by atoms with Crippen LogP contribution in [0, 0.1) is 11.3 Å². The Hall–Kier alpha value is -2.25. The molecule has 0 unspecified atom stereocenters. The van der Waals surface area contributed by atoms with E-state index in [2.05, 4.69) is 21.0 Å². The van der Waals surface area contributed by atoms with E-state index in [1.54, 1.807) is 32.3 Å². The fraction of sp³-hybridized carbons (Fsp3) is 0.250. The monoisotopic (exact) mass is 300 g/mol. The first-order valence-electron chi connectivity index (χ1n) is 6.47. The van der Waals surface area contributed by atoms with E-state index >= 15 is 0 Å². The van der Waals surface area contributed by atoms with Crippen LogP contribution in [0.2, 0.25) is 0 Å². The molecule has 21 heavy (non-hydrogen) atoms. The second-order valence-electron chi connectivity index (χ2n) is 4.43. The highest BCUT2D eigenvalue weighted by Crippen LogP contribution is 2.14. The zero-order chi connectivity index (χ0) is 15.7. The Bertz CT molecular complexity index is 631. The summed E-state index contributed by atoms with van der Waals surface area (Å²) in [6.07, 6.45) is 7.70. The third kappa shape index (κ3) is 6.64. The minimum atomic E-state index is 0.181. The number of amidine groups is 1. The minimum Gasteiger partial charge on any atom is -0.259 e. The van der Waals surface area contributed by atoms with Crippen LogP contribution < -0.4 is 0 Å². The predicted octanol–water partition coefficient (Wildman–Crippen LogP) is 4.36. The fourth-order valence-electron chi connectivity index (χ4n) is 1.48. The molecule has 108 valence electrons. The van der Waals surface area contributed by atoms with Gasteiger partial charge in [0.15, 0.2) is 0 Å². The highest BCUT2D eigenvalue weighted by molar-refractivity contribution is 6.65. The van der Waals surface area contributed by atoms with Crippen molar-refractivity contribution in [1.82, 2.24) is 4.98 Å². The summed E-state index contributed by atoms with van der Waals surface area (Å²) in [6.45, 7) is 5.55. The van der Waals surface area contributed by atoms with Crippen molar-refractivity contribution in [2.24, 2.45) is 9.98 Å². The van der Waals surface area contributed by atoms with E-state index in [0.717, 1.165) is 17.7 Å². The van der Waals surface area contributed by atoms with E-state index in [9.17, 15) is 0 Å². The average Bonchev–Trinajstić information content (AvgIpc) is 2.47. The number of aromatic nitrogens is 1. The lowest BCUT2D eigenvalue weighted by Crippen LogP contribution is -1.90. The molecule has 0 amide bonds. The number of rotatable bonds is 4. The minimum absolute atomic E-state index is 0.181. The van der Waals surface area contributed by atoms with Crippen LogP contribution in [0.3, 0.4) is 0 Å². The van der Waals surface area contributed by atoms with E-state index in [1.807, 2.05) is 25.1 Å². The van der Waals surface area contributed by atoms with Crippen LogP contribution in [0.15, 0.2) is 51.6 Å². The molecular formula is C16H17ClN4. The van der Waals surface area contributed by atoms with Crippen molar-refractivity contribution in [2.45, 2.75) is 27.2 Å². The molecule has 1 heterocycles. The van der Waals surface area contributed by atoms with Crippen molar-refractivity contribution >= 4 is 28.8 Å². The van der Waals surface area contributed by atoms with Crippen molar-refractivity contribution in [3.05, 3.63) is 47.3 Å². The van der Waals surface area contributed by atoms with Gasteiger partial charge in [-0.2, -0.15) is 5.26 Å². The van der Waals surface area contributed by atoms with Gasteiger partial charge >= 0.3 is 0 Å². The molecule has 0 fully saturated rings. The van der Waals surface area contributed by atoms with Crippen LogP contribution >= 0.6 is 11.6 Å². The average molecular weight is 301 g/mol. The summed E-state index contributed by atoms with van der Waals surface area (Å²) in [4.78, 5) is 12.3. The number of aliphatic imine (C=N–C) groups is 2. The standard InChI is InChI=1S/C16H17ClN4/c1-4-19-16(17)21-15-8-7-14(20-11-15)9-12(2)5-6-13(3)10-18/h4-8,11H,9H2,1-3H3/b12-5-,13-6+,19-4?,21-16?. The summed E-state index contributed by atoms with van der Waals surface area (Å²) in [5.41, 5.74) is 3.40. The third-order valence-corrected chi connectivity index (χ3v) is 2.70. The summed E-state index contributed by atoms with van der Waals surface area (Å²) in [6, 6.07) is 5.83. The van der Waals surface area contributed by atoms with Gasteiger partial charge in [-0.25, -0.2) is 9.98 Å². The summed E-state index contributed by atoms with van der Waals surface area (Å²) in [5, 5.41) is 8.87. The zero-order valence-electron chi connectivity index (χ0n) is 12.3. The second-order valence-corrected chi connectivity index (χ2v) is 4.77. The van der Waals surface area contributed by atoms with E-state index in [-0.39, 0.29) is 5.29 Å². The molecule has 0 atom stereocenters. The first-order chi connectivity index (χ1) is 10.0. The van der Waals surface area contributed by atoms with Gasteiger partial charge in [0.25, 0.3) is 0 Å². The summed E-state index contributed by atoms with van der Waals surface area (Å²) >= 11 is 5.81. The molecule has 0 saturated carbocycles. The van der Waals surface area contributed by atoms with Crippen LogP contribution in [-0.4, -0.2) is 16.5 Å². The molecule has 0 aliphatic carbocycles. The second kappa shape index (κ2) is 8.83. The van der Waals surface area contributed by atoms with Crippen molar-refractivity contribution in [2.75, 3.05) is 0 Å². The molecule has 0 bridgehead atoms. The fourth-order valence-corrected chi connectivity index (χ4v) is 1.67. The topological polar surface area (TPSA) is 61.4 Å². The first kappa shape index (κ1) is 16.8. The van der Waals surface area contributed by atoms with Gasteiger partial charge in [-0.3, -0.25) is 4.98 Å². The number of allylic oxidation sites excluding steroid dienone is 4. The van der Waals surface area contributed by atoms with Gasteiger partial charge in [0.1, 0.15) is 0 Å². The van der Waals surface area contributed by atoms with Crippen LogP contribution in [0.4, 0.5) is 5.69 Å². The maximum atomic E-state index is 8.69. The maximum absolute atomic E-state index is 8.69. The number of halogens is 1. The van der Waals surface area contributed by atoms with Gasteiger partial charge in [0.05, 0.1) is 18.0 Å². The van der Waals surface area contributed by atoms with Gasteiger partial charge in [0.2, 0.25) is 5.29 Å². The summed E-state index contributed by atoms with van der Waals surface area (Å²) in [7, 11) is 0. The van der Waals surface area contributed by atoms with E-state index in [4.69, 9.17) is 16.9 Å². The number of hydrogen-bond acceptors (Lipinski definition) is 3. The molecule has 5 heteroatoms. The van der Waals surface area contributed by atoms with E-state index in [0.29, 0.717) is 11.3 Å². The predicted molar refractivity (Wildman–Crippen MR) is 88.2 cm³/mol. The normalized spacial score (nSPS) is 13.6. The Kier molecular flexibility index (Phi) is 7.06. The molecule has 0 spiro atoms. The highest BCUT2D eigenvalue weighted by Gasteiger charge is 1.98. The Morgan fingerprint density at radius 3 is 2.71 bits per heavy atom. The van der Waals surface area contributed by atoms with E-state index < -0.39 is 0 Å². The number of nitrogens with zero attached hydrogens (tertiary/aromatic N) is 4. The first-order valence-corrected chi connectivity index (χ1v) is 6.85. The van der Waals surface area contributed by atoms with Crippen LogP contribution in [0.1, 0.15) is 26.5 Å². The quantitative estimate of drug-likeness (QED) is 0.273. The SMILES string of the molecule is CC=NC(Cl)=Nc1ccc(C/C(C)=C\C=C(/C)C#N)nc1. The van der Waals surface area contributed by atoms with Crippen LogP contribution in [0.5, 0.6) is 0 Å². The molecular weight excluding hydrogens is 284 g/mol. The van der Waals surface area contributed by atoms with Crippen molar-refractivity contribution in [3.63, 3.8) is 0 Å².